The Labute approximate surface area is 138 Å². The molecule has 0 atom stereocenters. The number of hydrogen-bond acceptors (Lipinski definition) is 5. The average molecular weight is 327 g/mol. The molecular formula is C17H17N3O4. The zero-order valence-corrected chi connectivity index (χ0v) is 13.6. The third-order valence-corrected chi connectivity index (χ3v) is 3.61. The second-order valence-corrected chi connectivity index (χ2v) is 6.53. The molecule has 7 nitrogen and oxygen atoms in total. The van der Waals surface area contributed by atoms with Gasteiger partial charge in [-0.3, -0.25) is 10.1 Å². The Bertz CT molecular complexity index is 859. The lowest BCUT2D eigenvalue weighted by atomic mass is 10.0. The minimum atomic E-state index is -0.596. The van der Waals surface area contributed by atoms with E-state index in [9.17, 15) is 14.9 Å². The molecule has 1 aliphatic carbocycles. The monoisotopic (exact) mass is 327 g/mol. The number of carbonyl (C=O) groups excluding carboxylic acids is 1. The minimum Gasteiger partial charge on any atom is -0.443 e. The molecule has 0 aliphatic heterocycles. The number of aromatic nitrogens is 2. The van der Waals surface area contributed by atoms with Crippen LogP contribution < -0.4 is 0 Å². The zero-order chi connectivity index (χ0) is 17.5. The van der Waals surface area contributed by atoms with Crippen LogP contribution in [0.25, 0.3) is 5.57 Å². The van der Waals surface area contributed by atoms with Crippen LogP contribution in [0.3, 0.4) is 0 Å². The van der Waals surface area contributed by atoms with Crippen molar-refractivity contribution in [1.29, 1.82) is 0 Å². The molecule has 0 unspecified atom stereocenters. The molecule has 124 valence electrons. The fraction of sp³-hybridized carbons (Fsp3) is 0.294. The van der Waals surface area contributed by atoms with E-state index < -0.39 is 11.7 Å². The highest BCUT2D eigenvalue weighted by atomic mass is 16.6. The first-order valence-corrected chi connectivity index (χ1v) is 7.51. The maximum atomic E-state index is 12.1. The number of imidazole rings is 1. The lowest BCUT2D eigenvalue weighted by Crippen LogP contribution is -2.26. The number of allylic oxidation sites excluding steroid dienone is 1. The molecule has 1 heterocycles. The summed E-state index contributed by atoms with van der Waals surface area (Å²) in [4.78, 5) is 27.1. The third kappa shape index (κ3) is 2.92. The Morgan fingerprint density at radius 2 is 2.12 bits per heavy atom. The molecule has 0 amide bonds. The van der Waals surface area contributed by atoms with Crippen molar-refractivity contribution < 1.29 is 14.5 Å². The molecule has 3 rings (SSSR count). The molecule has 7 heteroatoms. The molecule has 2 aromatic rings. The quantitative estimate of drug-likeness (QED) is 0.621. The lowest BCUT2D eigenvalue weighted by Gasteiger charge is -2.19. The molecule has 24 heavy (non-hydrogen) atoms. The largest absolute Gasteiger partial charge is 0.443 e. The van der Waals surface area contributed by atoms with Crippen LogP contribution in [0.1, 0.15) is 37.6 Å². The summed E-state index contributed by atoms with van der Waals surface area (Å²) in [6, 6.07) is 4.98. The molecule has 0 radical (unpaired) electrons. The Hall–Kier alpha value is -2.96. The van der Waals surface area contributed by atoms with Gasteiger partial charge in [-0.05, 0) is 32.8 Å². The van der Waals surface area contributed by atoms with Gasteiger partial charge in [-0.1, -0.05) is 18.2 Å². The number of hydrogen-bond donors (Lipinski definition) is 0. The Morgan fingerprint density at radius 1 is 1.38 bits per heavy atom. The van der Waals surface area contributed by atoms with Gasteiger partial charge in [0, 0.05) is 23.4 Å². The van der Waals surface area contributed by atoms with Gasteiger partial charge in [-0.2, -0.15) is 0 Å². The van der Waals surface area contributed by atoms with Crippen LogP contribution >= 0.6 is 0 Å². The zero-order valence-electron chi connectivity index (χ0n) is 13.6. The smallest absolute Gasteiger partial charge is 0.419 e. The summed E-state index contributed by atoms with van der Waals surface area (Å²) in [5.74, 6) is 0. The molecule has 0 saturated heterocycles. The summed E-state index contributed by atoms with van der Waals surface area (Å²) in [5.41, 5.74) is 2.32. The van der Waals surface area contributed by atoms with Crippen molar-refractivity contribution in [1.82, 2.24) is 9.55 Å². The topological polar surface area (TPSA) is 87.3 Å². The Morgan fingerprint density at radius 3 is 2.79 bits per heavy atom. The maximum Gasteiger partial charge on any atom is 0.419 e. The van der Waals surface area contributed by atoms with Gasteiger partial charge < -0.3 is 4.74 Å². The predicted molar refractivity (Wildman–Crippen MR) is 87.7 cm³/mol. The second kappa shape index (κ2) is 5.59. The molecule has 0 bridgehead atoms. The van der Waals surface area contributed by atoms with Crippen LogP contribution in [0.5, 0.6) is 0 Å². The third-order valence-electron chi connectivity index (χ3n) is 3.61. The Balaban J connectivity index is 1.90. The molecule has 0 N–H and O–H groups in total. The summed E-state index contributed by atoms with van der Waals surface area (Å²) < 4.78 is 6.57. The molecular weight excluding hydrogens is 310 g/mol. The molecule has 1 aliphatic rings. The first kappa shape index (κ1) is 15.9. The van der Waals surface area contributed by atoms with E-state index in [1.54, 1.807) is 33.0 Å². The number of benzene rings is 1. The van der Waals surface area contributed by atoms with Crippen molar-refractivity contribution in [3.63, 3.8) is 0 Å². The van der Waals surface area contributed by atoms with Gasteiger partial charge >= 0.3 is 6.09 Å². The number of fused-ring (bicyclic) bond motifs is 1. The van der Waals surface area contributed by atoms with Gasteiger partial charge in [0.25, 0.3) is 5.69 Å². The second-order valence-electron chi connectivity index (χ2n) is 6.53. The molecule has 1 aromatic heterocycles. The highest BCUT2D eigenvalue weighted by Crippen LogP contribution is 2.36. The predicted octanol–water partition coefficient (Wildman–Crippen LogP) is 3.56. The van der Waals surface area contributed by atoms with Gasteiger partial charge in [0.05, 0.1) is 10.6 Å². The van der Waals surface area contributed by atoms with E-state index in [0.29, 0.717) is 17.7 Å². The molecule has 0 fully saturated rings. The van der Waals surface area contributed by atoms with Crippen LogP contribution in [0.15, 0.2) is 36.8 Å². The Kier molecular flexibility index (Phi) is 3.71. The van der Waals surface area contributed by atoms with Crippen LogP contribution in [0.2, 0.25) is 0 Å². The minimum absolute atomic E-state index is 0.102. The number of carbonyl (C=O) groups is 1. The lowest BCUT2D eigenvalue weighted by molar-refractivity contribution is -0.385. The number of nitro groups is 1. The fourth-order valence-corrected chi connectivity index (χ4v) is 2.65. The summed E-state index contributed by atoms with van der Waals surface area (Å²) in [6.07, 6.45) is 4.81. The number of nitrogens with zero attached hydrogens (tertiary/aromatic N) is 3. The van der Waals surface area contributed by atoms with E-state index in [1.807, 2.05) is 12.1 Å². The van der Waals surface area contributed by atoms with Crippen molar-refractivity contribution in [2.75, 3.05) is 0 Å². The molecule has 0 saturated carbocycles. The first-order valence-electron chi connectivity index (χ1n) is 7.51. The van der Waals surface area contributed by atoms with Crippen molar-refractivity contribution in [2.24, 2.45) is 0 Å². The number of nitro benzene ring substituents is 1. The van der Waals surface area contributed by atoms with E-state index in [-0.39, 0.29) is 10.6 Å². The summed E-state index contributed by atoms with van der Waals surface area (Å²) >= 11 is 0. The molecule has 0 spiro atoms. The van der Waals surface area contributed by atoms with E-state index in [1.165, 1.54) is 17.0 Å². The van der Waals surface area contributed by atoms with E-state index in [0.717, 1.165) is 11.1 Å². The van der Waals surface area contributed by atoms with Crippen LogP contribution in [-0.2, 0) is 11.2 Å². The van der Waals surface area contributed by atoms with Gasteiger partial charge in [-0.15, -0.1) is 0 Å². The summed E-state index contributed by atoms with van der Waals surface area (Å²) in [6.45, 7) is 5.37. The van der Waals surface area contributed by atoms with E-state index >= 15 is 0 Å². The van der Waals surface area contributed by atoms with Crippen LogP contribution in [0.4, 0.5) is 10.5 Å². The van der Waals surface area contributed by atoms with Gasteiger partial charge in [-0.25, -0.2) is 14.3 Å². The van der Waals surface area contributed by atoms with Crippen LogP contribution in [-0.4, -0.2) is 26.2 Å². The highest BCUT2D eigenvalue weighted by Gasteiger charge is 2.25. The van der Waals surface area contributed by atoms with E-state index in [2.05, 4.69) is 4.98 Å². The van der Waals surface area contributed by atoms with Crippen molar-refractivity contribution in [3.8, 4) is 0 Å². The van der Waals surface area contributed by atoms with Gasteiger partial charge in [0.1, 0.15) is 11.9 Å². The normalized spacial score (nSPS) is 13.4. The van der Waals surface area contributed by atoms with Gasteiger partial charge in [0.2, 0.25) is 0 Å². The molecule has 1 aromatic carbocycles. The number of ether oxygens (including phenoxy) is 1. The standard InChI is InChI=1S/C17H17N3O4/c1-17(2,3)24-16(21)19-9-14(18-10-19)12-7-8-13-11(12)5-4-6-15(13)20(22)23/h4-7,9-10H,8H2,1-3H3. The van der Waals surface area contributed by atoms with Gasteiger partial charge in [0.15, 0.2) is 0 Å². The van der Waals surface area contributed by atoms with E-state index in [4.69, 9.17) is 4.74 Å². The SMILES string of the molecule is CC(C)(C)OC(=O)n1cnc(C2=CCc3c2cccc3[N+](=O)[O-])c1. The highest BCUT2D eigenvalue weighted by molar-refractivity contribution is 5.85. The van der Waals surface area contributed by atoms with Crippen molar-refractivity contribution >= 4 is 17.4 Å². The average Bonchev–Trinajstić information content (AvgIpc) is 3.11. The first-order chi connectivity index (χ1) is 11.3. The van der Waals surface area contributed by atoms with Crippen molar-refractivity contribution in [3.05, 3.63) is 63.7 Å². The van der Waals surface area contributed by atoms with Crippen LogP contribution in [0, 0.1) is 10.1 Å². The fourth-order valence-electron chi connectivity index (χ4n) is 2.65. The summed E-state index contributed by atoms with van der Waals surface area (Å²) in [5, 5.41) is 11.1. The summed E-state index contributed by atoms with van der Waals surface area (Å²) in [7, 11) is 0. The number of rotatable bonds is 2. The maximum absolute atomic E-state index is 12.1. The van der Waals surface area contributed by atoms with Crippen molar-refractivity contribution in [2.45, 2.75) is 32.8 Å².